The number of aromatic nitrogens is 4. The molecule has 1 saturated heterocycles. The number of rotatable bonds is 20. The number of benzene rings is 2. The highest BCUT2D eigenvalue weighted by Crippen LogP contribution is 2.36. The predicted octanol–water partition coefficient (Wildman–Crippen LogP) is 6.84. The van der Waals surface area contributed by atoms with Crippen molar-refractivity contribution in [2.24, 2.45) is 0 Å². The molecule has 2 aromatic heterocycles. The van der Waals surface area contributed by atoms with Crippen LogP contribution in [0.1, 0.15) is 94.0 Å². The zero-order valence-corrected chi connectivity index (χ0v) is 34.3. The van der Waals surface area contributed by atoms with Crippen molar-refractivity contribution in [3.05, 3.63) is 90.0 Å². The molecule has 3 N–H and O–H groups in total. The number of methoxy groups -OCH3 is 1. The second-order valence-electron chi connectivity index (χ2n) is 15.3. The number of hydrogen-bond donors (Lipinski definition) is 3. The van der Waals surface area contributed by atoms with Gasteiger partial charge in [-0.05, 0) is 114 Å². The molecular weight excluding hydrogens is 743 g/mol. The van der Waals surface area contributed by atoms with Crippen LogP contribution in [0.2, 0.25) is 0 Å². The minimum atomic E-state index is -0.711. The number of amides is 2. The number of unbranched alkanes of at least 4 members (excludes halogenated alkanes) is 2. The summed E-state index contributed by atoms with van der Waals surface area (Å²) in [5.74, 6) is 1.39. The van der Waals surface area contributed by atoms with Crippen molar-refractivity contribution in [2.45, 2.75) is 83.4 Å². The first-order chi connectivity index (χ1) is 27.9. The largest absolute Gasteiger partial charge is 0.494 e. The number of carbonyl (C=O) groups excluding carboxylic acids is 3. The molecule has 0 saturated carbocycles. The van der Waals surface area contributed by atoms with Gasteiger partial charge in [-0.2, -0.15) is 0 Å². The lowest BCUT2D eigenvalue weighted by Gasteiger charge is -2.41. The lowest BCUT2D eigenvalue weighted by molar-refractivity contribution is -0.146. The van der Waals surface area contributed by atoms with Crippen molar-refractivity contribution in [1.29, 1.82) is 0 Å². The predicted molar refractivity (Wildman–Crippen MR) is 218 cm³/mol. The van der Waals surface area contributed by atoms with Crippen molar-refractivity contribution in [3.63, 3.8) is 0 Å². The Bertz CT molecular complexity index is 1910. The quantitative estimate of drug-likeness (QED) is 0.0627. The number of ether oxygens (including phenoxy) is 5. The maximum atomic E-state index is 13.6. The number of H-pyrrole nitrogens is 1. The molecule has 1 atom stereocenters. The van der Waals surface area contributed by atoms with Gasteiger partial charge in [0.25, 0.3) is 5.91 Å². The first-order valence-electron chi connectivity index (χ1n) is 19.9. The fourth-order valence-electron chi connectivity index (χ4n) is 6.44. The zero-order chi connectivity index (χ0) is 41.4. The lowest BCUT2D eigenvalue weighted by Crippen LogP contribution is -2.50. The summed E-state index contributed by atoms with van der Waals surface area (Å²) in [5, 5.41) is 15.8. The van der Waals surface area contributed by atoms with E-state index in [1.54, 1.807) is 23.4 Å². The number of carbonyl (C=O) groups is 3. The van der Waals surface area contributed by atoms with Crippen molar-refractivity contribution >= 4 is 23.7 Å². The molecule has 1 aliphatic rings. The van der Waals surface area contributed by atoms with E-state index in [2.05, 4.69) is 35.5 Å². The molecule has 15 heteroatoms. The number of hydrogen-bond acceptors (Lipinski definition) is 12. The summed E-state index contributed by atoms with van der Waals surface area (Å²) in [6.45, 7) is 10.6. The molecule has 1 unspecified atom stereocenters. The number of likely N-dealkylation sites (tertiary alicyclic amines) is 1. The summed E-state index contributed by atoms with van der Waals surface area (Å²) in [4.78, 5) is 46.9. The highest BCUT2D eigenvalue weighted by atomic mass is 16.6. The molecule has 312 valence electrons. The number of esters is 1. The van der Waals surface area contributed by atoms with Gasteiger partial charge >= 0.3 is 12.1 Å². The van der Waals surface area contributed by atoms with Crippen LogP contribution in [-0.2, 0) is 29.3 Å². The second-order valence-corrected chi connectivity index (χ2v) is 15.3. The summed E-state index contributed by atoms with van der Waals surface area (Å²) in [6, 6.07) is 18.6. The Morgan fingerprint density at radius 1 is 0.879 bits per heavy atom. The van der Waals surface area contributed by atoms with Crippen molar-refractivity contribution in [2.75, 3.05) is 58.6 Å². The van der Waals surface area contributed by atoms with Gasteiger partial charge in [0.1, 0.15) is 23.5 Å². The lowest BCUT2D eigenvalue weighted by atomic mass is 9.86. The monoisotopic (exact) mass is 799 g/mol. The molecule has 5 rings (SSSR count). The minimum Gasteiger partial charge on any atom is -0.494 e. The zero-order valence-electron chi connectivity index (χ0n) is 34.3. The normalized spacial score (nSPS) is 14.3. The Hall–Kier alpha value is -5.54. The van der Waals surface area contributed by atoms with Gasteiger partial charge in [0, 0.05) is 62.1 Å². The van der Waals surface area contributed by atoms with Gasteiger partial charge in [-0.3, -0.25) is 9.78 Å². The van der Waals surface area contributed by atoms with Gasteiger partial charge in [0.2, 0.25) is 0 Å². The van der Waals surface area contributed by atoms with Crippen LogP contribution in [0.4, 0.5) is 10.5 Å². The molecule has 2 aromatic carbocycles. The fourth-order valence-corrected chi connectivity index (χ4v) is 6.44. The molecule has 2 amide bonds. The first kappa shape index (κ1) is 43.6. The highest BCUT2D eigenvalue weighted by molar-refractivity contribution is 5.95. The summed E-state index contributed by atoms with van der Waals surface area (Å²) < 4.78 is 27.1. The Morgan fingerprint density at radius 3 is 2.36 bits per heavy atom. The van der Waals surface area contributed by atoms with Gasteiger partial charge in [-0.15, -0.1) is 10.2 Å². The molecule has 58 heavy (non-hydrogen) atoms. The maximum absolute atomic E-state index is 13.6. The van der Waals surface area contributed by atoms with Crippen molar-refractivity contribution in [3.8, 4) is 17.1 Å². The third-order valence-electron chi connectivity index (χ3n) is 9.60. The first-order valence-corrected chi connectivity index (χ1v) is 19.9. The van der Waals surface area contributed by atoms with Gasteiger partial charge in [0.15, 0.2) is 11.6 Å². The van der Waals surface area contributed by atoms with Crippen molar-refractivity contribution < 1.29 is 38.1 Å². The van der Waals surface area contributed by atoms with Crippen LogP contribution in [0.3, 0.4) is 0 Å². The molecule has 0 bridgehead atoms. The van der Waals surface area contributed by atoms with E-state index in [0.29, 0.717) is 69.6 Å². The Morgan fingerprint density at radius 2 is 1.60 bits per heavy atom. The Labute approximate surface area is 340 Å². The fraction of sp³-hybridized carbons (Fsp3) is 0.488. The number of nitrogens with zero attached hydrogens (tertiary/aromatic N) is 4. The van der Waals surface area contributed by atoms with E-state index in [-0.39, 0.29) is 30.6 Å². The maximum Gasteiger partial charge on any atom is 0.410 e. The van der Waals surface area contributed by atoms with Gasteiger partial charge in [-0.25, -0.2) is 9.59 Å². The molecule has 0 radical (unpaired) electrons. The second kappa shape index (κ2) is 21.3. The average molecular weight is 800 g/mol. The van der Waals surface area contributed by atoms with Gasteiger partial charge in [0.05, 0.1) is 19.8 Å². The van der Waals surface area contributed by atoms with E-state index in [4.69, 9.17) is 18.9 Å². The number of pyridine rings is 1. The van der Waals surface area contributed by atoms with Crippen LogP contribution < -0.4 is 15.4 Å². The van der Waals surface area contributed by atoms with Gasteiger partial charge < -0.3 is 44.2 Å². The summed E-state index contributed by atoms with van der Waals surface area (Å²) in [6.07, 6.45) is 7.60. The van der Waals surface area contributed by atoms with Crippen LogP contribution in [-0.4, -0.2) is 102 Å². The van der Waals surface area contributed by atoms with E-state index >= 15 is 0 Å². The molecule has 4 aromatic rings. The molecule has 1 fully saturated rings. The third-order valence-corrected chi connectivity index (χ3v) is 9.60. The number of aromatic amines is 1. The third kappa shape index (κ3) is 13.3. The number of nitrogens with one attached hydrogen (secondary N) is 3. The molecule has 1 aliphatic heterocycles. The molecular formula is C43H57N7O8. The topological polar surface area (TPSA) is 179 Å². The summed E-state index contributed by atoms with van der Waals surface area (Å²) in [7, 11) is 1.33. The Kier molecular flexibility index (Phi) is 16.0. The smallest absolute Gasteiger partial charge is 0.410 e. The van der Waals surface area contributed by atoms with Crippen LogP contribution in [0.5, 0.6) is 5.75 Å². The summed E-state index contributed by atoms with van der Waals surface area (Å²) in [5.41, 5.74) is 1.70. The van der Waals surface area contributed by atoms with E-state index in [1.165, 1.54) is 7.11 Å². The van der Waals surface area contributed by atoms with E-state index in [1.807, 2.05) is 82.3 Å². The van der Waals surface area contributed by atoms with E-state index in [0.717, 1.165) is 48.2 Å². The minimum absolute atomic E-state index is 0.0371. The van der Waals surface area contributed by atoms with Crippen LogP contribution >= 0.6 is 0 Å². The number of piperidine rings is 1. The molecule has 3 heterocycles. The standard InChI is InChI=1S/C43H57N7O8/c1-31(33-12-10-15-36(29-33)57-27-8-6-7-24-55-25-11-26-56-30-37(51)54-5)45-39(52)34-13-9-14-35(28-34)47-43(18-22-50(23-19-43)41(53)58-42(2,3)4)40-46-38(48-49-40)32-16-20-44-21-17-32/h9-10,12-17,20-21,28-29,31,47H,6-8,11,18-19,22-27,30H2,1-5H3,(H,45,52)(H,46,48,49). The molecule has 0 spiro atoms. The highest BCUT2D eigenvalue weighted by Gasteiger charge is 2.41. The SMILES string of the molecule is COC(=O)COCCCOCCCCCOc1cccc(C(C)NC(=O)c2cccc(NC3(c4nnc(-c5ccncc5)[nH]4)CCN(C(=O)OC(C)(C)C)CC3)c2)c1. The van der Waals surface area contributed by atoms with Crippen molar-refractivity contribution in [1.82, 2.24) is 30.4 Å². The van der Waals surface area contributed by atoms with Crippen LogP contribution in [0, 0.1) is 0 Å². The van der Waals surface area contributed by atoms with Crippen LogP contribution in [0.15, 0.2) is 73.1 Å². The van der Waals surface area contributed by atoms with E-state index < -0.39 is 11.1 Å². The van der Waals surface area contributed by atoms with Crippen LogP contribution in [0.25, 0.3) is 11.4 Å². The Balaban J connectivity index is 1.14. The summed E-state index contributed by atoms with van der Waals surface area (Å²) >= 11 is 0. The molecule has 0 aliphatic carbocycles. The molecule has 15 nitrogen and oxygen atoms in total. The average Bonchev–Trinajstić information content (AvgIpc) is 3.73. The van der Waals surface area contributed by atoms with E-state index in [9.17, 15) is 14.4 Å². The number of anilines is 1. The van der Waals surface area contributed by atoms with Gasteiger partial charge in [-0.1, -0.05) is 18.2 Å².